The van der Waals surface area contributed by atoms with E-state index in [-0.39, 0.29) is 24.1 Å². The number of H-pyrrole nitrogens is 1. The summed E-state index contributed by atoms with van der Waals surface area (Å²) in [5.41, 5.74) is 1.04. The average Bonchev–Trinajstić information content (AvgIpc) is 3.52. The molecule has 3 aromatic rings. The Hall–Kier alpha value is -3.67. The predicted molar refractivity (Wildman–Crippen MR) is 119 cm³/mol. The number of halogens is 4. The van der Waals surface area contributed by atoms with Gasteiger partial charge in [-0.15, -0.1) is 0 Å². The van der Waals surface area contributed by atoms with Gasteiger partial charge in [0.25, 0.3) is 11.5 Å². The van der Waals surface area contributed by atoms with Crippen molar-refractivity contribution in [2.24, 2.45) is 0 Å². The molecule has 0 bridgehead atoms. The first-order valence-electron chi connectivity index (χ1n) is 11.4. The van der Waals surface area contributed by atoms with Crippen LogP contribution < -0.4 is 5.56 Å². The van der Waals surface area contributed by atoms with E-state index in [1.165, 1.54) is 18.3 Å². The monoisotopic (exact) mass is 506 g/mol. The standard InChI is InChI=1S/C24H22F4N4O4/c25-17-6-5-14(11-15-13-29-20(33)18-3-2-8-31(15)18)12-16(17)21(34)32-10-9-30-7-1-4-19(30)22(32)36-23(35)24(26,27)28/h2-3,5-6,8,12-13,19,22H,1,4,7,9-11H2,(H,29,33)/t19-,22?/m0/s1. The van der Waals surface area contributed by atoms with Crippen LogP contribution in [-0.2, 0) is 16.0 Å². The molecule has 1 amide bonds. The fourth-order valence-electron chi connectivity index (χ4n) is 5.01. The van der Waals surface area contributed by atoms with Crippen LogP contribution in [0.3, 0.4) is 0 Å². The Morgan fingerprint density at radius 2 is 1.94 bits per heavy atom. The van der Waals surface area contributed by atoms with Crippen molar-refractivity contribution in [2.45, 2.75) is 37.7 Å². The van der Waals surface area contributed by atoms with Crippen LogP contribution in [0.15, 0.2) is 47.5 Å². The average molecular weight is 506 g/mol. The summed E-state index contributed by atoms with van der Waals surface area (Å²) in [5, 5.41) is 0. The molecule has 2 aliphatic heterocycles. The summed E-state index contributed by atoms with van der Waals surface area (Å²) in [6, 6.07) is 6.70. The molecule has 2 aromatic heterocycles. The van der Waals surface area contributed by atoms with Crippen molar-refractivity contribution in [3.8, 4) is 0 Å². The molecule has 5 rings (SSSR count). The number of amides is 1. The molecule has 8 nitrogen and oxygen atoms in total. The number of nitrogens with zero attached hydrogens (tertiary/aromatic N) is 3. The molecule has 190 valence electrons. The predicted octanol–water partition coefficient (Wildman–Crippen LogP) is 2.71. The normalized spacial score (nSPS) is 20.5. The van der Waals surface area contributed by atoms with Gasteiger partial charge in [0.15, 0.2) is 6.23 Å². The van der Waals surface area contributed by atoms with E-state index in [0.717, 1.165) is 11.0 Å². The number of carbonyl (C=O) groups excluding carboxylic acids is 2. The lowest BCUT2D eigenvalue weighted by Crippen LogP contribution is -2.61. The Morgan fingerprint density at radius 3 is 2.72 bits per heavy atom. The number of ether oxygens (including phenoxy) is 1. The topological polar surface area (TPSA) is 87.1 Å². The zero-order valence-corrected chi connectivity index (χ0v) is 18.9. The quantitative estimate of drug-likeness (QED) is 0.435. The molecule has 0 spiro atoms. The minimum Gasteiger partial charge on any atom is -0.433 e. The van der Waals surface area contributed by atoms with Crippen LogP contribution in [0.25, 0.3) is 5.52 Å². The molecule has 0 aliphatic carbocycles. The zero-order chi connectivity index (χ0) is 25.6. The number of fused-ring (bicyclic) bond motifs is 2. The van der Waals surface area contributed by atoms with Crippen LogP contribution in [0.5, 0.6) is 0 Å². The van der Waals surface area contributed by atoms with Gasteiger partial charge < -0.3 is 19.0 Å². The summed E-state index contributed by atoms with van der Waals surface area (Å²) in [6.07, 6.45) is -2.11. The molecule has 2 saturated heterocycles. The number of esters is 1. The lowest BCUT2D eigenvalue weighted by Gasteiger charge is -2.43. The molecule has 1 N–H and O–H groups in total. The number of aromatic nitrogens is 2. The number of rotatable bonds is 4. The number of piperazine rings is 1. The molecule has 0 saturated carbocycles. The SMILES string of the molecule is O=C(c1cc(Cc2c[nH]c(=O)c3cccn23)ccc1F)N1CCN2CCC[C@H]2C1OC(=O)C(F)(F)F. The number of hydrogen-bond donors (Lipinski definition) is 1. The summed E-state index contributed by atoms with van der Waals surface area (Å²) in [5.74, 6) is -4.08. The minimum absolute atomic E-state index is 0.0152. The van der Waals surface area contributed by atoms with Crippen molar-refractivity contribution < 1.29 is 31.9 Å². The summed E-state index contributed by atoms with van der Waals surface area (Å²) in [4.78, 5) is 42.6. The molecule has 36 heavy (non-hydrogen) atoms. The van der Waals surface area contributed by atoms with E-state index < -0.39 is 36.1 Å². The van der Waals surface area contributed by atoms with Gasteiger partial charge in [-0.2, -0.15) is 13.2 Å². The largest absolute Gasteiger partial charge is 0.491 e. The highest BCUT2D eigenvalue weighted by molar-refractivity contribution is 5.95. The zero-order valence-electron chi connectivity index (χ0n) is 18.9. The first kappa shape index (κ1) is 24.0. The first-order chi connectivity index (χ1) is 17.1. The molecule has 1 unspecified atom stereocenters. The highest BCUT2D eigenvalue weighted by Crippen LogP contribution is 2.31. The molecular formula is C24H22F4N4O4. The Balaban J connectivity index is 1.45. The van der Waals surface area contributed by atoms with Gasteiger partial charge in [-0.3, -0.25) is 14.5 Å². The number of benzene rings is 1. The molecule has 0 radical (unpaired) electrons. The van der Waals surface area contributed by atoms with E-state index in [1.54, 1.807) is 22.7 Å². The van der Waals surface area contributed by atoms with Crippen LogP contribution in [0.2, 0.25) is 0 Å². The van der Waals surface area contributed by atoms with E-state index in [4.69, 9.17) is 4.74 Å². The maximum absolute atomic E-state index is 14.8. The molecule has 4 heterocycles. The van der Waals surface area contributed by atoms with Gasteiger partial charge in [-0.05, 0) is 49.2 Å². The third-order valence-electron chi connectivity index (χ3n) is 6.71. The van der Waals surface area contributed by atoms with E-state index >= 15 is 0 Å². The fourth-order valence-corrected chi connectivity index (χ4v) is 5.01. The number of carbonyl (C=O) groups is 2. The summed E-state index contributed by atoms with van der Waals surface area (Å²) < 4.78 is 60.2. The van der Waals surface area contributed by atoms with Crippen LogP contribution in [-0.4, -0.2) is 69.1 Å². The van der Waals surface area contributed by atoms with Crippen molar-refractivity contribution in [3.63, 3.8) is 0 Å². The van der Waals surface area contributed by atoms with E-state index in [2.05, 4.69) is 4.98 Å². The summed E-state index contributed by atoms with van der Waals surface area (Å²) in [7, 11) is 0. The van der Waals surface area contributed by atoms with Crippen molar-refractivity contribution >= 4 is 17.4 Å². The number of alkyl halides is 3. The Morgan fingerprint density at radius 1 is 1.14 bits per heavy atom. The van der Waals surface area contributed by atoms with Crippen molar-refractivity contribution in [1.29, 1.82) is 0 Å². The lowest BCUT2D eigenvalue weighted by atomic mass is 10.0. The lowest BCUT2D eigenvalue weighted by molar-refractivity contribution is -0.217. The van der Waals surface area contributed by atoms with Gasteiger partial charge in [0.1, 0.15) is 11.3 Å². The van der Waals surface area contributed by atoms with Gasteiger partial charge >= 0.3 is 12.1 Å². The molecule has 2 atom stereocenters. The second-order valence-electron chi connectivity index (χ2n) is 8.90. The van der Waals surface area contributed by atoms with Gasteiger partial charge in [0.2, 0.25) is 0 Å². The number of nitrogens with one attached hydrogen (secondary N) is 1. The fraction of sp³-hybridized carbons (Fsp3) is 0.375. The second-order valence-corrected chi connectivity index (χ2v) is 8.90. The smallest absolute Gasteiger partial charge is 0.433 e. The van der Waals surface area contributed by atoms with Crippen LogP contribution in [0, 0.1) is 5.82 Å². The van der Waals surface area contributed by atoms with Crippen molar-refractivity contribution in [1.82, 2.24) is 19.2 Å². The van der Waals surface area contributed by atoms with E-state index in [0.29, 0.717) is 42.7 Å². The van der Waals surface area contributed by atoms with Crippen molar-refractivity contribution in [2.75, 3.05) is 19.6 Å². The highest BCUT2D eigenvalue weighted by Gasteiger charge is 2.49. The Bertz CT molecular complexity index is 1380. The molecule has 2 aliphatic rings. The van der Waals surface area contributed by atoms with Crippen LogP contribution in [0.1, 0.15) is 34.5 Å². The first-order valence-corrected chi connectivity index (χ1v) is 11.4. The van der Waals surface area contributed by atoms with E-state index in [9.17, 15) is 31.9 Å². The van der Waals surface area contributed by atoms with Crippen LogP contribution >= 0.6 is 0 Å². The summed E-state index contributed by atoms with van der Waals surface area (Å²) >= 11 is 0. The van der Waals surface area contributed by atoms with Gasteiger partial charge in [0.05, 0.1) is 11.6 Å². The summed E-state index contributed by atoms with van der Waals surface area (Å²) in [6.45, 7) is 0.975. The van der Waals surface area contributed by atoms with Gasteiger partial charge in [0, 0.05) is 37.6 Å². The maximum Gasteiger partial charge on any atom is 0.491 e. The van der Waals surface area contributed by atoms with Crippen molar-refractivity contribution in [3.05, 3.63) is 75.7 Å². The van der Waals surface area contributed by atoms with Gasteiger partial charge in [-0.1, -0.05) is 6.07 Å². The minimum atomic E-state index is -5.22. The molecule has 12 heteroatoms. The van der Waals surface area contributed by atoms with E-state index in [1.807, 2.05) is 4.90 Å². The number of hydrogen-bond acceptors (Lipinski definition) is 5. The third-order valence-corrected chi connectivity index (χ3v) is 6.71. The molecular weight excluding hydrogens is 484 g/mol. The van der Waals surface area contributed by atoms with Gasteiger partial charge in [-0.25, -0.2) is 9.18 Å². The molecule has 2 fully saturated rings. The second kappa shape index (κ2) is 9.08. The highest BCUT2D eigenvalue weighted by atomic mass is 19.4. The Kier molecular flexibility index (Phi) is 6.07. The maximum atomic E-state index is 14.8. The third kappa shape index (κ3) is 4.36. The molecule has 1 aromatic carbocycles. The Labute approximate surface area is 202 Å². The number of aromatic amines is 1. The van der Waals surface area contributed by atoms with Crippen LogP contribution in [0.4, 0.5) is 17.6 Å².